The van der Waals surface area contributed by atoms with Crippen LogP contribution in [0.2, 0.25) is 0 Å². The Morgan fingerprint density at radius 3 is 2.40 bits per heavy atom. The highest BCUT2D eigenvalue weighted by Gasteiger charge is 2.43. The molecule has 2 amide bonds. The van der Waals surface area contributed by atoms with E-state index in [9.17, 15) is 9.59 Å². The van der Waals surface area contributed by atoms with Crippen molar-refractivity contribution < 1.29 is 9.59 Å². The number of benzene rings is 2. The summed E-state index contributed by atoms with van der Waals surface area (Å²) in [5.74, 6) is -0.182. The van der Waals surface area contributed by atoms with Gasteiger partial charge in [-0.05, 0) is 51.1 Å². The fourth-order valence-corrected chi connectivity index (χ4v) is 4.34. The van der Waals surface area contributed by atoms with Gasteiger partial charge in [0, 0.05) is 19.6 Å². The van der Waals surface area contributed by atoms with Crippen LogP contribution in [-0.4, -0.2) is 59.9 Å². The summed E-state index contributed by atoms with van der Waals surface area (Å²) < 4.78 is 0. The van der Waals surface area contributed by atoms with E-state index in [4.69, 9.17) is 0 Å². The van der Waals surface area contributed by atoms with E-state index in [0.29, 0.717) is 12.2 Å². The lowest BCUT2D eigenvalue weighted by Gasteiger charge is -2.42. The number of hydrogen-bond donors (Lipinski definition) is 1. The maximum absolute atomic E-state index is 13.4. The van der Waals surface area contributed by atoms with E-state index in [0.717, 1.165) is 44.8 Å². The Morgan fingerprint density at radius 1 is 0.933 bits per heavy atom. The molecule has 0 aliphatic carbocycles. The third-order valence-electron chi connectivity index (χ3n) is 6.05. The molecule has 158 valence electrons. The quantitative estimate of drug-likeness (QED) is 0.848. The average Bonchev–Trinajstić information content (AvgIpc) is 2.94. The highest BCUT2D eigenvalue weighted by atomic mass is 16.2. The van der Waals surface area contributed by atoms with Gasteiger partial charge in [-0.1, -0.05) is 42.5 Å². The first-order valence-electron chi connectivity index (χ1n) is 10.7. The molecule has 1 fully saturated rings. The van der Waals surface area contributed by atoms with Crippen molar-refractivity contribution in [2.24, 2.45) is 0 Å². The van der Waals surface area contributed by atoms with Gasteiger partial charge in [-0.3, -0.25) is 24.3 Å². The zero-order valence-corrected chi connectivity index (χ0v) is 17.8. The number of nitrogens with zero attached hydrogens (tertiary/aromatic N) is 3. The van der Waals surface area contributed by atoms with Crippen LogP contribution >= 0.6 is 0 Å². The number of carbonyl (C=O) groups is 2. The van der Waals surface area contributed by atoms with Crippen molar-refractivity contribution in [3.63, 3.8) is 0 Å². The molecule has 2 aromatic rings. The van der Waals surface area contributed by atoms with Crippen LogP contribution in [-0.2, 0) is 16.1 Å². The van der Waals surface area contributed by atoms with Gasteiger partial charge in [0.2, 0.25) is 11.8 Å². The summed E-state index contributed by atoms with van der Waals surface area (Å²) in [4.78, 5) is 32.3. The Morgan fingerprint density at radius 2 is 1.60 bits per heavy atom. The van der Waals surface area contributed by atoms with Crippen molar-refractivity contribution in [3.8, 4) is 0 Å². The standard InChI is InChI=1S/C24H30N4O2/c1-24(2)23(30)25-20-11-6-7-12-21(20)28(24)22(29)18-27-14-8-13-26(15-16-27)17-19-9-4-3-5-10-19/h3-7,9-12H,8,13-18H2,1-2H3,(H,25,30). The molecule has 0 bridgehead atoms. The van der Waals surface area contributed by atoms with Crippen LogP contribution in [0.15, 0.2) is 54.6 Å². The normalized spacial score (nSPS) is 19.7. The lowest BCUT2D eigenvalue weighted by Crippen LogP contribution is -2.60. The van der Waals surface area contributed by atoms with E-state index in [2.05, 4.69) is 39.4 Å². The summed E-state index contributed by atoms with van der Waals surface area (Å²) in [6.45, 7) is 8.57. The number of nitrogens with one attached hydrogen (secondary N) is 1. The summed E-state index contributed by atoms with van der Waals surface area (Å²) in [5, 5.41) is 2.92. The molecule has 2 heterocycles. The number of rotatable bonds is 4. The SMILES string of the molecule is CC1(C)C(=O)Nc2ccccc2N1C(=O)CN1CCCN(Cc2ccccc2)CC1. The molecule has 6 nitrogen and oxygen atoms in total. The fraction of sp³-hybridized carbons (Fsp3) is 0.417. The maximum atomic E-state index is 13.4. The van der Waals surface area contributed by atoms with Crippen molar-refractivity contribution in [2.45, 2.75) is 32.4 Å². The monoisotopic (exact) mass is 406 g/mol. The van der Waals surface area contributed by atoms with E-state index in [1.165, 1.54) is 5.56 Å². The van der Waals surface area contributed by atoms with Gasteiger partial charge in [0.25, 0.3) is 0 Å². The van der Waals surface area contributed by atoms with Crippen molar-refractivity contribution in [1.29, 1.82) is 0 Å². The molecule has 4 rings (SSSR count). The molecule has 0 atom stereocenters. The predicted octanol–water partition coefficient (Wildman–Crippen LogP) is 2.96. The highest BCUT2D eigenvalue weighted by molar-refractivity contribution is 6.14. The van der Waals surface area contributed by atoms with Gasteiger partial charge in [-0.15, -0.1) is 0 Å². The van der Waals surface area contributed by atoms with E-state index in [1.54, 1.807) is 18.7 Å². The Hall–Kier alpha value is -2.70. The van der Waals surface area contributed by atoms with Gasteiger partial charge >= 0.3 is 0 Å². The third-order valence-corrected chi connectivity index (χ3v) is 6.05. The molecule has 2 aliphatic rings. The first-order valence-corrected chi connectivity index (χ1v) is 10.7. The Kier molecular flexibility index (Phi) is 5.88. The van der Waals surface area contributed by atoms with E-state index in [-0.39, 0.29) is 11.8 Å². The second-order valence-corrected chi connectivity index (χ2v) is 8.65. The molecular formula is C24H30N4O2. The van der Waals surface area contributed by atoms with Crippen molar-refractivity contribution in [1.82, 2.24) is 9.80 Å². The lowest BCUT2D eigenvalue weighted by molar-refractivity contribution is -0.127. The summed E-state index contributed by atoms with van der Waals surface area (Å²) >= 11 is 0. The number of para-hydroxylation sites is 2. The molecule has 6 heteroatoms. The van der Waals surface area contributed by atoms with Gasteiger partial charge in [0.1, 0.15) is 5.54 Å². The van der Waals surface area contributed by atoms with Crippen LogP contribution in [0.1, 0.15) is 25.8 Å². The molecule has 2 aromatic carbocycles. The second kappa shape index (κ2) is 8.58. The largest absolute Gasteiger partial charge is 0.322 e. The molecule has 2 aliphatic heterocycles. The second-order valence-electron chi connectivity index (χ2n) is 8.65. The number of amides is 2. The minimum Gasteiger partial charge on any atom is -0.322 e. The molecular weight excluding hydrogens is 376 g/mol. The summed E-state index contributed by atoms with van der Waals surface area (Å²) in [6, 6.07) is 18.0. The van der Waals surface area contributed by atoms with Crippen molar-refractivity contribution >= 4 is 23.2 Å². The van der Waals surface area contributed by atoms with Gasteiger partial charge in [0.05, 0.1) is 17.9 Å². The smallest absolute Gasteiger partial charge is 0.250 e. The van der Waals surface area contributed by atoms with Crippen LogP contribution in [0.3, 0.4) is 0 Å². The fourth-order valence-electron chi connectivity index (χ4n) is 4.34. The summed E-state index contributed by atoms with van der Waals surface area (Å²) in [6.07, 6.45) is 1.03. The summed E-state index contributed by atoms with van der Waals surface area (Å²) in [7, 11) is 0. The number of anilines is 2. The van der Waals surface area contributed by atoms with Crippen molar-refractivity contribution in [3.05, 3.63) is 60.2 Å². The maximum Gasteiger partial charge on any atom is 0.250 e. The van der Waals surface area contributed by atoms with Gasteiger partial charge in [0.15, 0.2) is 0 Å². The molecule has 1 N–H and O–H groups in total. The Balaban J connectivity index is 1.43. The summed E-state index contributed by atoms with van der Waals surface area (Å²) in [5.41, 5.74) is 1.86. The Labute approximate surface area is 178 Å². The average molecular weight is 407 g/mol. The lowest BCUT2D eigenvalue weighted by atomic mass is 9.96. The van der Waals surface area contributed by atoms with Crippen LogP contribution in [0.4, 0.5) is 11.4 Å². The van der Waals surface area contributed by atoms with Gasteiger partial charge in [-0.2, -0.15) is 0 Å². The number of fused-ring (bicyclic) bond motifs is 1. The van der Waals surface area contributed by atoms with E-state index in [1.807, 2.05) is 30.3 Å². The predicted molar refractivity (Wildman–Crippen MR) is 119 cm³/mol. The van der Waals surface area contributed by atoms with E-state index < -0.39 is 5.54 Å². The third kappa shape index (κ3) is 4.25. The zero-order chi connectivity index (χ0) is 21.1. The number of hydrogen-bond acceptors (Lipinski definition) is 4. The highest BCUT2D eigenvalue weighted by Crippen LogP contribution is 2.36. The first-order chi connectivity index (χ1) is 14.4. The van der Waals surface area contributed by atoms with Crippen LogP contribution < -0.4 is 10.2 Å². The van der Waals surface area contributed by atoms with Crippen LogP contribution in [0.5, 0.6) is 0 Å². The zero-order valence-electron chi connectivity index (χ0n) is 17.8. The van der Waals surface area contributed by atoms with Gasteiger partial charge in [-0.25, -0.2) is 0 Å². The topological polar surface area (TPSA) is 55.9 Å². The Bertz CT molecular complexity index is 912. The van der Waals surface area contributed by atoms with Crippen LogP contribution in [0.25, 0.3) is 0 Å². The van der Waals surface area contributed by atoms with Gasteiger partial charge < -0.3 is 5.32 Å². The number of carbonyl (C=O) groups excluding carboxylic acids is 2. The molecule has 0 unspecified atom stereocenters. The van der Waals surface area contributed by atoms with Crippen molar-refractivity contribution in [2.75, 3.05) is 42.9 Å². The minimum absolute atomic E-state index is 0.0289. The van der Waals surface area contributed by atoms with E-state index >= 15 is 0 Å². The molecule has 0 radical (unpaired) electrons. The van der Waals surface area contributed by atoms with Crippen LogP contribution in [0, 0.1) is 0 Å². The molecule has 30 heavy (non-hydrogen) atoms. The minimum atomic E-state index is -0.920. The molecule has 1 saturated heterocycles. The molecule has 0 saturated carbocycles. The molecule has 0 spiro atoms. The first kappa shape index (κ1) is 20.6. The molecule has 0 aromatic heterocycles.